The number of benzene rings is 1. The molecule has 1 aromatic heterocycles. The van der Waals surface area contributed by atoms with Gasteiger partial charge in [-0.05, 0) is 23.3 Å². The maximum atomic E-state index is 12.5. The molecular weight excluding hydrogens is 274 g/mol. The van der Waals surface area contributed by atoms with Gasteiger partial charge in [-0.3, -0.25) is 4.98 Å². The minimum atomic E-state index is -4.34. The van der Waals surface area contributed by atoms with Gasteiger partial charge in [0.2, 0.25) is 0 Å². The zero-order chi connectivity index (χ0) is 15.0. The van der Waals surface area contributed by atoms with Gasteiger partial charge in [0.1, 0.15) is 7.28 Å². The summed E-state index contributed by atoms with van der Waals surface area (Å²) in [4.78, 5) is 3.95. The Labute approximate surface area is 121 Å². The molecule has 1 aromatic carbocycles. The lowest BCUT2D eigenvalue weighted by molar-refractivity contribution is -0.137. The molecule has 0 aliphatic heterocycles. The van der Waals surface area contributed by atoms with Crippen molar-refractivity contribution in [1.29, 1.82) is 0 Å². The fraction of sp³-hybridized carbons (Fsp3) is 0.188. The second-order valence-electron chi connectivity index (χ2n) is 4.98. The van der Waals surface area contributed by atoms with Crippen molar-refractivity contribution in [2.24, 2.45) is 0 Å². The van der Waals surface area contributed by atoms with Crippen LogP contribution in [0.15, 0.2) is 48.7 Å². The maximum Gasteiger partial charge on any atom is 0.417 e. The van der Waals surface area contributed by atoms with Crippen LogP contribution in [0.2, 0.25) is 6.82 Å². The topological polar surface area (TPSA) is 12.9 Å². The quantitative estimate of drug-likeness (QED) is 0.785. The van der Waals surface area contributed by atoms with Gasteiger partial charge in [-0.2, -0.15) is 13.2 Å². The van der Waals surface area contributed by atoms with E-state index < -0.39 is 11.7 Å². The van der Waals surface area contributed by atoms with Crippen LogP contribution in [-0.2, 0) is 6.18 Å². The normalized spacial score (nSPS) is 17.3. The molecule has 1 radical (unpaired) electrons. The number of nitrogens with zero attached hydrogens (tertiary/aromatic N) is 1. The van der Waals surface area contributed by atoms with Gasteiger partial charge < -0.3 is 0 Å². The predicted molar refractivity (Wildman–Crippen MR) is 77.7 cm³/mol. The lowest BCUT2D eigenvalue weighted by Gasteiger charge is -2.07. The van der Waals surface area contributed by atoms with Gasteiger partial charge >= 0.3 is 6.18 Å². The molecule has 0 spiro atoms. The lowest BCUT2D eigenvalue weighted by atomic mass is 9.73. The number of pyridine rings is 1. The Kier molecular flexibility index (Phi) is 3.36. The van der Waals surface area contributed by atoms with Gasteiger partial charge in [-0.15, -0.1) is 0 Å². The van der Waals surface area contributed by atoms with Gasteiger partial charge in [0, 0.05) is 12.1 Å². The highest BCUT2D eigenvalue weighted by atomic mass is 19.4. The number of alkyl halides is 3. The highest BCUT2D eigenvalue weighted by molar-refractivity contribution is 6.52. The summed E-state index contributed by atoms with van der Waals surface area (Å²) in [6.45, 7) is 1.97. The van der Waals surface area contributed by atoms with E-state index in [0.29, 0.717) is 5.69 Å². The van der Waals surface area contributed by atoms with E-state index in [2.05, 4.69) is 11.1 Å². The van der Waals surface area contributed by atoms with Gasteiger partial charge in [-0.1, -0.05) is 42.6 Å². The standard InChI is InChI=1S/C16H12BF3N/c1-17-12-4-2-3-10(7-12)13-8-14(13)15-6-5-11(9-21-15)16(18,19)20/h2-9,14H,1H3. The fourth-order valence-corrected chi connectivity index (χ4v) is 2.31. The molecule has 21 heavy (non-hydrogen) atoms. The first-order valence-electron chi connectivity index (χ1n) is 6.63. The van der Waals surface area contributed by atoms with Crippen LogP contribution in [0.4, 0.5) is 13.2 Å². The first kappa shape index (κ1) is 13.9. The van der Waals surface area contributed by atoms with Gasteiger partial charge in [0.05, 0.1) is 11.3 Å². The highest BCUT2D eigenvalue weighted by Crippen LogP contribution is 2.45. The highest BCUT2D eigenvalue weighted by Gasteiger charge is 2.33. The van der Waals surface area contributed by atoms with E-state index in [9.17, 15) is 13.2 Å². The molecule has 0 N–H and O–H groups in total. The molecule has 2 aromatic rings. The van der Waals surface area contributed by atoms with Crippen molar-refractivity contribution in [1.82, 2.24) is 4.98 Å². The average Bonchev–Trinajstić information content (AvgIpc) is 3.27. The van der Waals surface area contributed by atoms with Crippen LogP contribution in [-0.4, -0.2) is 12.3 Å². The molecule has 0 bridgehead atoms. The summed E-state index contributed by atoms with van der Waals surface area (Å²) in [6.07, 6.45) is -1.42. The third kappa shape index (κ3) is 2.87. The smallest absolute Gasteiger partial charge is 0.260 e. The molecule has 105 valence electrons. The van der Waals surface area contributed by atoms with Crippen molar-refractivity contribution >= 4 is 18.3 Å². The van der Waals surface area contributed by atoms with Crippen molar-refractivity contribution in [2.45, 2.75) is 18.9 Å². The molecule has 3 rings (SSSR count). The van der Waals surface area contributed by atoms with Crippen LogP contribution >= 0.6 is 0 Å². The molecule has 1 unspecified atom stereocenters. The molecule has 0 saturated heterocycles. The summed E-state index contributed by atoms with van der Waals surface area (Å²) in [5, 5.41) is 0. The summed E-state index contributed by atoms with van der Waals surface area (Å²) in [7, 11) is 2.01. The van der Waals surface area contributed by atoms with Crippen molar-refractivity contribution in [3.8, 4) is 0 Å². The summed E-state index contributed by atoms with van der Waals surface area (Å²) in [5.74, 6) is 0.0272. The van der Waals surface area contributed by atoms with Crippen LogP contribution in [0.3, 0.4) is 0 Å². The minimum Gasteiger partial charge on any atom is -0.260 e. The van der Waals surface area contributed by atoms with Crippen molar-refractivity contribution < 1.29 is 13.2 Å². The molecule has 0 saturated carbocycles. The predicted octanol–water partition coefficient (Wildman–Crippen LogP) is 3.66. The molecule has 0 amide bonds. The summed E-state index contributed by atoms with van der Waals surface area (Å²) in [6, 6.07) is 10.6. The van der Waals surface area contributed by atoms with Crippen LogP contribution in [0.1, 0.15) is 22.7 Å². The molecule has 1 heterocycles. The zero-order valence-electron chi connectivity index (χ0n) is 11.4. The van der Waals surface area contributed by atoms with Crippen LogP contribution in [0.25, 0.3) is 5.57 Å². The summed E-state index contributed by atoms with van der Waals surface area (Å²) in [5.41, 5.74) is 3.28. The largest absolute Gasteiger partial charge is 0.417 e. The second kappa shape index (κ2) is 5.06. The lowest BCUT2D eigenvalue weighted by Crippen LogP contribution is -2.09. The number of allylic oxidation sites excluding steroid dienone is 2. The third-order valence-electron chi connectivity index (χ3n) is 3.56. The summed E-state index contributed by atoms with van der Waals surface area (Å²) >= 11 is 0. The Morgan fingerprint density at radius 2 is 1.95 bits per heavy atom. The Bertz CT molecular complexity index is 689. The molecule has 1 atom stereocenters. The van der Waals surface area contributed by atoms with Gasteiger partial charge in [0.25, 0.3) is 0 Å². The molecule has 0 fully saturated rings. The SMILES string of the molecule is C[B]c1cccc(C2=CC2c2ccc(C(F)(F)F)cn2)c1. The second-order valence-corrected chi connectivity index (χ2v) is 4.98. The average molecular weight is 286 g/mol. The fourth-order valence-electron chi connectivity index (χ4n) is 2.31. The Morgan fingerprint density at radius 3 is 2.57 bits per heavy atom. The minimum absolute atomic E-state index is 0.0272. The Hall–Kier alpha value is -2.04. The van der Waals surface area contributed by atoms with Crippen LogP contribution in [0.5, 0.6) is 0 Å². The maximum absolute atomic E-state index is 12.5. The Balaban J connectivity index is 1.76. The van der Waals surface area contributed by atoms with E-state index in [0.717, 1.165) is 28.9 Å². The van der Waals surface area contributed by atoms with E-state index in [-0.39, 0.29) is 5.92 Å². The third-order valence-corrected chi connectivity index (χ3v) is 3.56. The zero-order valence-corrected chi connectivity index (χ0v) is 11.4. The van der Waals surface area contributed by atoms with Crippen molar-refractivity contribution in [3.63, 3.8) is 0 Å². The number of halogens is 3. The number of hydrogen-bond donors (Lipinski definition) is 0. The van der Waals surface area contributed by atoms with Gasteiger partial charge in [0.15, 0.2) is 0 Å². The van der Waals surface area contributed by atoms with E-state index in [1.165, 1.54) is 6.07 Å². The molecule has 1 aliphatic carbocycles. The van der Waals surface area contributed by atoms with Crippen LogP contribution in [0, 0.1) is 0 Å². The molecule has 1 aliphatic rings. The summed E-state index contributed by atoms with van der Waals surface area (Å²) < 4.78 is 37.5. The molecule has 5 heteroatoms. The number of rotatable bonds is 3. The first-order valence-corrected chi connectivity index (χ1v) is 6.63. The van der Waals surface area contributed by atoms with Gasteiger partial charge in [-0.25, -0.2) is 0 Å². The van der Waals surface area contributed by atoms with E-state index >= 15 is 0 Å². The molecular formula is C16H12BF3N. The number of hydrogen-bond acceptors (Lipinski definition) is 1. The van der Waals surface area contributed by atoms with E-state index in [4.69, 9.17) is 0 Å². The van der Waals surface area contributed by atoms with Crippen molar-refractivity contribution in [3.05, 3.63) is 65.5 Å². The first-order chi connectivity index (χ1) is 9.99. The monoisotopic (exact) mass is 286 g/mol. The van der Waals surface area contributed by atoms with Crippen LogP contribution < -0.4 is 5.46 Å². The van der Waals surface area contributed by atoms with E-state index in [1.54, 1.807) is 0 Å². The van der Waals surface area contributed by atoms with E-state index in [1.807, 2.05) is 38.4 Å². The number of aromatic nitrogens is 1. The van der Waals surface area contributed by atoms with Crippen molar-refractivity contribution in [2.75, 3.05) is 0 Å². The Morgan fingerprint density at radius 1 is 1.14 bits per heavy atom. The molecule has 1 nitrogen and oxygen atoms in total.